The first-order chi connectivity index (χ1) is 11.4. The van der Waals surface area contributed by atoms with Gasteiger partial charge in [-0.1, -0.05) is 17.7 Å². The number of thiazole rings is 1. The van der Waals surface area contributed by atoms with E-state index in [1.165, 1.54) is 10.4 Å². The van der Waals surface area contributed by atoms with Crippen molar-refractivity contribution in [3.8, 4) is 5.75 Å². The van der Waals surface area contributed by atoms with E-state index in [0.29, 0.717) is 6.54 Å². The zero-order valence-corrected chi connectivity index (χ0v) is 18.8. The van der Waals surface area contributed by atoms with Gasteiger partial charge in [0.05, 0.1) is 25.4 Å². The van der Waals surface area contributed by atoms with E-state index >= 15 is 0 Å². The molecule has 2 N–H and O–H groups in total. The second-order valence-electron chi connectivity index (χ2n) is 5.79. The van der Waals surface area contributed by atoms with Gasteiger partial charge in [0.2, 0.25) is 0 Å². The number of ether oxygens (including phenoxy) is 1. The minimum absolute atomic E-state index is 0. The molecule has 138 valence electrons. The van der Waals surface area contributed by atoms with Crippen LogP contribution < -0.4 is 15.4 Å². The SMILES string of the molecule is CN=C(NCc1nc(C)c(C)s1)NC(C)c1cc(C)ccc1OC.I. The number of rotatable bonds is 5. The zero-order chi connectivity index (χ0) is 17.7. The lowest BCUT2D eigenvalue weighted by atomic mass is 10.0. The van der Waals surface area contributed by atoms with Crippen LogP contribution in [0, 0.1) is 20.8 Å². The number of nitrogens with one attached hydrogen (secondary N) is 2. The van der Waals surface area contributed by atoms with Crippen LogP contribution in [0.4, 0.5) is 0 Å². The van der Waals surface area contributed by atoms with Crippen molar-refractivity contribution < 1.29 is 4.74 Å². The molecule has 0 fully saturated rings. The molecule has 0 radical (unpaired) electrons. The van der Waals surface area contributed by atoms with Gasteiger partial charge in [-0.3, -0.25) is 4.99 Å². The van der Waals surface area contributed by atoms with Gasteiger partial charge in [-0.25, -0.2) is 4.98 Å². The Kier molecular flexibility index (Phi) is 8.64. The summed E-state index contributed by atoms with van der Waals surface area (Å²) in [5, 5.41) is 7.80. The Hall–Kier alpha value is -1.35. The Labute approximate surface area is 171 Å². The molecule has 0 saturated heterocycles. The summed E-state index contributed by atoms with van der Waals surface area (Å²) in [5.74, 6) is 1.62. The topological polar surface area (TPSA) is 58.5 Å². The first kappa shape index (κ1) is 21.7. The predicted molar refractivity (Wildman–Crippen MR) is 116 cm³/mol. The van der Waals surface area contributed by atoms with Gasteiger partial charge in [-0.15, -0.1) is 35.3 Å². The molecule has 2 rings (SSSR count). The normalized spacial score (nSPS) is 12.3. The van der Waals surface area contributed by atoms with Crippen LogP contribution in [-0.2, 0) is 6.54 Å². The molecule has 0 amide bonds. The second-order valence-corrected chi connectivity index (χ2v) is 7.07. The molecule has 0 saturated carbocycles. The van der Waals surface area contributed by atoms with Gasteiger partial charge in [-0.2, -0.15) is 0 Å². The van der Waals surface area contributed by atoms with Gasteiger partial charge in [-0.05, 0) is 33.8 Å². The van der Waals surface area contributed by atoms with E-state index in [1.54, 1.807) is 25.5 Å². The lowest BCUT2D eigenvalue weighted by molar-refractivity contribution is 0.405. The summed E-state index contributed by atoms with van der Waals surface area (Å²) in [6.45, 7) is 8.97. The number of benzene rings is 1. The van der Waals surface area contributed by atoms with Crippen LogP contribution in [0.25, 0.3) is 0 Å². The summed E-state index contributed by atoms with van der Waals surface area (Å²) >= 11 is 1.71. The molecule has 0 aliphatic carbocycles. The van der Waals surface area contributed by atoms with Gasteiger partial charge >= 0.3 is 0 Å². The molecule has 1 atom stereocenters. The number of halogens is 1. The van der Waals surface area contributed by atoms with E-state index in [4.69, 9.17) is 4.74 Å². The third-order valence-corrected chi connectivity index (χ3v) is 4.98. The standard InChI is InChI=1S/C18H26N4OS.HI/c1-11-7-8-16(23-6)15(9-11)13(3)22-18(19-5)20-10-17-21-12(2)14(4)24-17;/h7-9,13H,10H2,1-6H3,(H2,19,20,22);1H. The Morgan fingerprint density at radius 3 is 2.60 bits per heavy atom. The van der Waals surface area contributed by atoms with Crippen LogP contribution in [0.1, 0.15) is 39.7 Å². The Morgan fingerprint density at radius 2 is 2.04 bits per heavy atom. The highest BCUT2D eigenvalue weighted by Gasteiger charge is 2.13. The second kappa shape index (κ2) is 9.96. The van der Waals surface area contributed by atoms with Gasteiger partial charge < -0.3 is 15.4 Å². The van der Waals surface area contributed by atoms with Crippen molar-refractivity contribution in [2.24, 2.45) is 4.99 Å². The first-order valence-corrected chi connectivity index (χ1v) is 8.80. The third-order valence-electron chi connectivity index (χ3n) is 3.91. The van der Waals surface area contributed by atoms with Gasteiger partial charge in [0, 0.05) is 17.5 Å². The van der Waals surface area contributed by atoms with Crippen molar-refractivity contribution in [1.29, 1.82) is 0 Å². The van der Waals surface area contributed by atoms with Crippen molar-refractivity contribution in [1.82, 2.24) is 15.6 Å². The number of nitrogens with zero attached hydrogens (tertiary/aromatic N) is 2. The Balaban J connectivity index is 0.00000312. The lowest BCUT2D eigenvalue weighted by Crippen LogP contribution is -2.38. The van der Waals surface area contributed by atoms with Crippen LogP contribution >= 0.6 is 35.3 Å². The maximum atomic E-state index is 5.47. The fraction of sp³-hybridized carbons (Fsp3) is 0.444. The fourth-order valence-corrected chi connectivity index (χ4v) is 3.32. The highest BCUT2D eigenvalue weighted by atomic mass is 127. The highest BCUT2D eigenvalue weighted by molar-refractivity contribution is 14.0. The quantitative estimate of drug-likeness (QED) is 0.389. The first-order valence-electron chi connectivity index (χ1n) is 7.99. The fourth-order valence-electron chi connectivity index (χ4n) is 2.44. The number of aryl methyl sites for hydroxylation is 3. The zero-order valence-electron chi connectivity index (χ0n) is 15.6. The molecule has 0 aliphatic rings. The van der Waals surface area contributed by atoms with Crippen LogP contribution in [0.3, 0.4) is 0 Å². The number of guanidine groups is 1. The van der Waals surface area contributed by atoms with E-state index in [9.17, 15) is 0 Å². The highest BCUT2D eigenvalue weighted by Crippen LogP contribution is 2.26. The van der Waals surface area contributed by atoms with Crippen molar-refractivity contribution in [2.45, 2.75) is 40.3 Å². The molecule has 0 aliphatic heterocycles. The van der Waals surface area contributed by atoms with Gasteiger partial charge in [0.15, 0.2) is 5.96 Å². The molecule has 0 bridgehead atoms. The molecule has 1 aromatic heterocycles. The number of aliphatic imine (C=N–C) groups is 1. The molecule has 1 heterocycles. The minimum Gasteiger partial charge on any atom is -0.496 e. The maximum Gasteiger partial charge on any atom is 0.191 e. The van der Waals surface area contributed by atoms with E-state index in [2.05, 4.69) is 53.5 Å². The van der Waals surface area contributed by atoms with Crippen molar-refractivity contribution in [3.05, 3.63) is 44.9 Å². The van der Waals surface area contributed by atoms with Crippen molar-refractivity contribution in [3.63, 3.8) is 0 Å². The van der Waals surface area contributed by atoms with E-state index in [0.717, 1.165) is 28.0 Å². The van der Waals surface area contributed by atoms with E-state index < -0.39 is 0 Å². The van der Waals surface area contributed by atoms with Crippen LogP contribution in [0.15, 0.2) is 23.2 Å². The van der Waals surface area contributed by atoms with Crippen molar-refractivity contribution >= 4 is 41.3 Å². The van der Waals surface area contributed by atoms with Crippen LogP contribution in [0.5, 0.6) is 5.75 Å². The summed E-state index contributed by atoms with van der Waals surface area (Å²) in [4.78, 5) is 10.1. The maximum absolute atomic E-state index is 5.47. The summed E-state index contributed by atoms with van der Waals surface area (Å²) in [5.41, 5.74) is 3.41. The number of hydrogen-bond donors (Lipinski definition) is 2. The smallest absolute Gasteiger partial charge is 0.191 e. The largest absolute Gasteiger partial charge is 0.496 e. The number of methoxy groups -OCH3 is 1. The van der Waals surface area contributed by atoms with Crippen LogP contribution in [-0.4, -0.2) is 25.1 Å². The predicted octanol–water partition coefficient (Wildman–Crippen LogP) is 4.12. The van der Waals surface area contributed by atoms with E-state index in [1.807, 2.05) is 13.0 Å². The molecule has 2 aromatic rings. The molecule has 1 aromatic carbocycles. The average molecular weight is 474 g/mol. The Morgan fingerprint density at radius 1 is 1.32 bits per heavy atom. The van der Waals surface area contributed by atoms with Gasteiger partial charge in [0.25, 0.3) is 0 Å². The van der Waals surface area contributed by atoms with E-state index in [-0.39, 0.29) is 30.0 Å². The molecular formula is C18H27IN4OS. The Bertz CT molecular complexity index is 710. The van der Waals surface area contributed by atoms with Crippen LogP contribution in [0.2, 0.25) is 0 Å². The third kappa shape index (κ3) is 5.85. The average Bonchev–Trinajstić information content (AvgIpc) is 2.89. The minimum atomic E-state index is 0. The van der Waals surface area contributed by atoms with Crippen molar-refractivity contribution in [2.75, 3.05) is 14.2 Å². The number of aromatic nitrogens is 1. The lowest BCUT2D eigenvalue weighted by Gasteiger charge is -2.20. The summed E-state index contributed by atoms with van der Waals surface area (Å²) in [6, 6.07) is 6.26. The molecule has 0 spiro atoms. The molecular weight excluding hydrogens is 447 g/mol. The summed E-state index contributed by atoms with van der Waals surface area (Å²) in [7, 11) is 3.47. The molecule has 7 heteroatoms. The molecule has 1 unspecified atom stereocenters. The summed E-state index contributed by atoms with van der Waals surface area (Å²) in [6.07, 6.45) is 0. The van der Waals surface area contributed by atoms with Gasteiger partial charge in [0.1, 0.15) is 10.8 Å². The molecule has 5 nitrogen and oxygen atoms in total. The monoisotopic (exact) mass is 474 g/mol. The number of hydrogen-bond acceptors (Lipinski definition) is 4. The molecule has 25 heavy (non-hydrogen) atoms. The summed E-state index contributed by atoms with van der Waals surface area (Å²) < 4.78 is 5.47.